The number of urea groups is 1. The third-order valence-electron chi connectivity index (χ3n) is 3.68. The van der Waals surface area contributed by atoms with Crippen molar-refractivity contribution in [3.05, 3.63) is 21.9 Å². The minimum absolute atomic E-state index is 0.0353. The van der Waals surface area contributed by atoms with E-state index in [2.05, 4.69) is 32.8 Å². The average molecular weight is 423 g/mol. The molecule has 0 saturated carbocycles. The van der Waals surface area contributed by atoms with Crippen LogP contribution in [0.15, 0.2) is 11.4 Å². The zero-order valence-corrected chi connectivity index (χ0v) is 17.6. The molecule has 2 rings (SSSR count). The van der Waals surface area contributed by atoms with Gasteiger partial charge in [-0.05, 0) is 13.3 Å². The van der Waals surface area contributed by atoms with Crippen LogP contribution >= 0.6 is 11.3 Å². The van der Waals surface area contributed by atoms with Crippen LogP contribution in [0.4, 0.5) is 16.4 Å². The molecule has 29 heavy (non-hydrogen) atoms. The first kappa shape index (κ1) is 22.2. The molecule has 0 aliphatic rings. The lowest BCUT2D eigenvalue weighted by Gasteiger charge is -2.12. The Bertz CT molecular complexity index is 820. The Kier molecular flexibility index (Phi) is 8.46. The van der Waals surface area contributed by atoms with Crippen molar-refractivity contribution in [3.63, 3.8) is 0 Å². The van der Waals surface area contributed by atoms with Crippen molar-refractivity contribution < 1.29 is 23.8 Å². The SMILES string of the molecule is CCCc1scc(C(=O)OCC)c1NCNC(=O)Nc1nc(OC)cc(OC)n1. The molecule has 2 aromatic rings. The maximum absolute atomic E-state index is 12.2. The van der Waals surface area contributed by atoms with Gasteiger partial charge in [0, 0.05) is 10.3 Å². The second-order valence-corrected chi connectivity index (χ2v) is 6.64. The van der Waals surface area contributed by atoms with E-state index in [1.165, 1.54) is 31.6 Å². The van der Waals surface area contributed by atoms with Crippen molar-refractivity contribution >= 4 is 35.0 Å². The molecule has 0 spiro atoms. The Morgan fingerprint density at radius 3 is 2.41 bits per heavy atom. The van der Waals surface area contributed by atoms with Crippen LogP contribution in [0, 0.1) is 0 Å². The van der Waals surface area contributed by atoms with Crippen molar-refractivity contribution in [2.45, 2.75) is 26.7 Å². The summed E-state index contributed by atoms with van der Waals surface area (Å²) in [6, 6.07) is 0.964. The third-order valence-corrected chi connectivity index (χ3v) is 4.72. The van der Waals surface area contributed by atoms with Crippen LogP contribution in [0.2, 0.25) is 0 Å². The molecular weight excluding hydrogens is 398 g/mol. The first-order valence-electron chi connectivity index (χ1n) is 9.05. The lowest BCUT2D eigenvalue weighted by Crippen LogP contribution is -2.33. The van der Waals surface area contributed by atoms with Gasteiger partial charge in [-0.25, -0.2) is 9.59 Å². The molecule has 0 saturated heterocycles. The predicted molar refractivity (Wildman–Crippen MR) is 110 cm³/mol. The first-order chi connectivity index (χ1) is 14.0. The summed E-state index contributed by atoms with van der Waals surface area (Å²) in [5.41, 5.74) is 1.14. The molecule has 0 fully saturated rings. The number of rotatable bonds is 10. The van der Waals surface area contributed by atoms with E-state index in [1.807, 2.05) is 0 Å². The number of nitrogens with one attached hydrogen (secondary N) is 3. The van der Waals surface area contributed by atoms with Gasteiger partial charge in [0.1, 0.15) is 0 Å². The van der Waals surface area contributed by atoms with Gasteiger partial charge in [0.05, 0.1) is 44.8 Å². The first-order valence-corrected chi connectivity index (χ1v) is 9.93. The van der Waals surface area contributed by atoms with E-state index in [0.29, 0.717) is 17.9 Å². The molecule has 0 unspecified atom stereocenters. The van der Waals surface area contributed by atoms with E-state index >= 15 is 0 Å². The van der Waals surface area contributed by atoms with Crippen LogP contribution in [0.5, 0.6) is 11.8 Å². The average Bonchev–Trinajstić information content (AvgIpc) is 3.10. The molecule has 11 heteroatoms. The molecule has 0 aromatic carbocycles. The van der Waals surface area contributed by atoms with Crippen LogP contribution < -0.4 is 25.4 Å². The summed E-state index contributed by atoms with van der Waals surface area (Å²) < 4.78 is 15.2. The van der Waals surface area contributed by atoms with Gasteiger partial charge < -0.3 is 24.8 Å². The number of carbonyl (C=O) groups is 2. The number of methoxy groups -OCH3 is 2. The van der Waals surface area contributed by atoms with Gasteiger partial charge in [-0.2, -0.15) is 9.97 Å². The van der Waals surface area contributed by atoms with Gasteiger partial charge in [0.15, 0.2) is 0 Å². The highest BCUT2D eigenvalue weighted by molar-refractivity contribution is 7.10. The fourth-order valence-electron chi connectivity index (χ4n) is 2.39. The molecule has 10 nitrogen and oxygen atoms in total. The van der Waals surface area contributed by atoms with E-state index in [4.69, 9.17) is 14.2 Å². The second kappa shape index (κ2) is 11.1. The molecule has 158 valence electrons. The Morgan fingerprint density at radius 2 is 1.83 bits per heavy atom. The van der Waals surface area contributed by atoms with Crippen LogP contribution in [0.1, 0.15) is 35.5 Å². The number of hydrogen-bond donors (Lipinski definition) is 3. The van der Waals surface area contributed by atoms with E-state index in [0.717, 1.165) is 17.7 Å². The normalized spacial score (nSPS) is 10.2. The molecule has 0 atom stereocenters. The number of nitrogens with zero attached hydrogens (tertiary/aromatic N) is 2. The molecule has 0 aliphatic heterocycles. The number of carbonyl (C=O) groups excluding carboxylic acids is 2. The smallest absolute Gasteiger partial charge is 0.341 e. The number of aryl methyl sites for hydroxylation is 1. The summed E-state index contributed by atoms with van der Waals surface area (Å²) >= 11 is 1.49. The Labute approximate surface area is 173 Å². The summed E-state index contributed by atoms with van der Waals surface area (Å²) in [6.07, 6.45) is 1.75. The monoisotopic (exact) mass is 423 g/mol. The fraction of sp³-hybridized carbons (Fsp3) is 0.444. The van der Waals surface area contributed by atoms with Crippen LogP contribution in [0.25, 0.3) is 0 Å². The minimum Gasteiger partial charge on any atom is -0.481 e. The summed E-state index contributed by atoms with van der Waals surface area (Å²) in [4.78, 5) is 33.4. The van der Waals surface area contributed by atoms with Gasteiger partial charge in [-0.3, -0.25) is 5.32 Å². The third kappa shape index (κ3) is 6.21. The van der Waals surface area contributed by atoms with E-state index < -0.39 is 12.0 Å². The largest absolute Gasteiger partial charge is 0.481 e. The number of anilines is 2. The topological polar surface area (TPSA) is 124 Å². The molecule has 2 heterocycles. The fourth-order valence-corrected chi connectivity index (χ4v) is 3.49. The Balaban J connectivity index is 1.99. The molecule has 2 amide bonds. The number of amides is 2. The Hall–Kier alpha value is -3.08. The molecule has 0 radical (unpaired) electrons. The number of thiophene rings is 1. The van der Waals surface area contributed by atoms with Crippen LogP contribution in [-0.4, -0.2) is 49.5 Å². The van der Waals surface area contributed by atoms with Gasteiger partial charge in [0.2, 0.25) is 17.7 Å². The van der Waals surface area contributed by atoms with Crippen molar-refractivity contribution in [1.82, 2.24) is 15.3 Å². The predicted octanol–water partition coefficient (Wildman–Crippen LogP) is 2.88. The maximum Gasteiger partial charge on any atom is 0.341 e. The van der Waals surface area contributed by atoms with Gasteiger partial charge in [0.25, 0.3) is 0 Å². The highest BCUT2D eigenvalue weighted by atomic mass is 32.1. The summed E-state index contributed by atoms with van der Waals surface area (Å²) in [5, 5.41) is 10.0. The summed E-state index contributed by atoms with van der Waals surface area (Å²) in [5.74, 6) is 0.154. The van der Waals surface area contributed by atoms with E-state index in [1.54, 1.807) is 12.3 Å². The lowest BCUT2D eigenvalue weighted by atomic mass is 10.2. The van der Waals surface area contributed by atoms with Gasteiger partial charge in [-0.15, -0.1) is 11.3 Å². The number of esters is 1. The van der Waals surface area contributed by atoms with Gasteiger partial charge in [-0.1, -0.05) is 13.3 Å². The molecule has 3 N–H and O–H groups in total. The van der Waals surface area contributed by atoms with Crippen molar-refractivity contribution in [2.75, 3.05) is 38.1 Å². The summed E-state index contributed by atoms with van der Waals surface area (Å²) in [7, 11) is 2.90. The number of ether oxygens (including phenoxy) is 3. The van der Waals surface area contributed by atoms with Crippen molar-refractivity contribution in [2.24, 2.45) is 0 Å². The van der Waals surface area contributed by atoms with Crippen LogP contribution in [0.3, 0.4) is 0 Å². The number of hydrogen-bond acceptors (Lipinski definition) is 9. The highest BCUT2D eigenvalue weighted by Crippen LogP contribution is 2.30. The Morgan fingerprint density at radius 1 is 1.14 bits per heavy atom. The number of aromatic nitrogens is 2. The molecule has 0 aliphatic carbocycles. The molecule has 2 aromatic heterocycles. The lowest BCUT2D eigenvalue weighted by molar-refractivity contribution is 0.0528. The van der Waals surface area contributed by atoms with E-state index in [9.17, 15) is 9.59 Å². The quantitative estimate of drug-likeness (QED) is 0.394. The second-order valence-electron chi connectivity index (χ2n) is 5.68. The van der Waals surface area contributed by atoms with Crippen LogP contribution in [-0.2, 0) is 11.2 Å². The summed E-state index contributed by atoms with van der Waals surface area (Å²) in [6.45, 7) is 4.20. The minimum atomic E-state index is -0.530. The highest BCUT2D eigenvalue weighted by Gasteiger charge is 2.18. The molecular formula is C18H25N5O5S. The van der Waals surface area contributed by atoms with Crippen molar-refractivity contribution in [3.8, 4) is 11.8 Å². The van der Waals surface area contributed by atoms with E-state index in [-0.39, 0.29) is 24.4 Å². The zero-order valence-electron chi connectivity index (χ0n) is 16.8. The van der Waals surface area contributed by atoms with Gasteiger partial charge >= 0.3 is 12.0 Å². The van der Waals surface area contributed by atoms with Crippen molar-refractivity contribution in [1.29, 1.82) is 0 Å². The molecule has 0 bridgehead atoms. The maximum atomic E-state index is 12.2. The standard InChI is InChI=1S/C18H25N5O5S/c1-5-7-12-15(11(9-29-12)16(24)28-6-2)19-10-20-18(25)23-17-21-13(26-3)8-14(22-17)27-4/h8-9,19H,5-7,10H2,1-4H3,(H2,20,21,22,23,25). The zero-order chi connectivity index (χ0) is 21.2.